The minimum Gasteiger partial charge on any atom is -0.370 e. The lowest BCUT2D eigenvalue weighted by atomic mass is 10.2. The van der Waals surface area contributed by atoms with Crippen molar-refractivity contribution in [2.24, 2.45) is 0 Å². The van der Waals surface area contributed by atoms with E-state index < -0.39 is 0 Å². The van der Waals surface area contributed by atoms with Crippen molar-refractivity contribution in [2.75, 3.05) is 17.2 Å². The standard InChI is InChI=1S/C14H18N4OS/c1-4-6-15-12-8-11(5-7-16-12)13(19)18-14-17-9(2)10(3)20-14/h5,7-8H,4,6H2,1-3H3,(H,15,16)(H,17,18,19). The second kappa shape index (κ2) is 6.47. The summed E-state index contributed by atoms with van der Waals surface area (Å²) in [6.45, 7) is 6.84. The maximum Gasteiger partial charge on any atom is 0.257 e. The van der Waals surface area contributed by atoms with Crippen LogP contribution < -0.4 is 10.6 Å². The van der Waals surface area contributed by atoms with Crippen LogP contribution in [0.3, 0.4) is 0 Å². The van der Waals surface area contributed by atoms with Crippen molar-refractivity contribution < 1.29 is 4.79 Å². The van der Waals surface area contributed by atoms with Gasteiger partial charge in [-0.05, 0) is 32.4 Å². The van der Waals surface area contributed by atoms with Crippen LogP contribution in [0.15, 0.2) is 18.3 Å². The third-order valence-corrected chi connectivity index (χ3v) is 3.82. The molecule has 0 saturated carbocycles. The molecule has 0 aromatic carbocycles. The Morgan fingerprint density at radius 1 is 1.40 bits per heavy atom. The Bertz CT molecular complexity index is 589. The van der Waals surface area contributed by atoms with Crippen molar-refractivity contribution in [1.29, 1.82) is 0 Å². The van der Waals surface area contributed by atoms with Crippen LogP contribution in [0.4, 0.5) is 10.9 Å². The highest BCUT2D eigenvalue weighted by atomic mass is 32.1. The summed E-state index contributed by atoms with van der Waals surface area (Å²) >= 11 is 1.48. The highest BCUT2D eigenvalue weighted by molar-refractivity contribution is 7.15. The minimum absolute atomic E-state index is 0.166. The van der Waals surface area contributed by atoms with Crippen molar-refractivity contribution in [2.45, 2.75) is 27.2 Å². The second-order valence-corrected chi connectivity index (χ2v) is 5.67. The number of nitrogens with zero attached hydrogens (tertiary/aromatic N) is 2. The lowest BCUT2D eigenvalue weighted by Crippen LogP contribution is -2.12. The Morgan fingerprint density at radius 2 is 2.20 bits per heavy atom. The number of amides is 1. The average Bonchev–Trinajstić information content (AvgIpc) is 2.75. The second-order valence-electron chi connectivity index (χ2n) is 4.47. The average molecular weight is 290 g/mol. The molecule has 2 aromatic rings. The van der Waals surface area contributed by atoms with Crippen molar-refractivity contribution in [3.05, 3.63) is 34.5 Å². The third-order valence-electron chi connectivity index (χ3n) is 2.83. The maximum atomic E-state index is 12.2. The van der Waals surface area contributed by atoms with Gasteiger partial charge in [-0.2, -0.15) is 0 Å². The van der Waals surface area contributed by atoms with E-state index in [1.165, 1.54) is 11.3 Å². The number of hydrogen-bond donors (Lipinski definition) is 2. The van der Waals surface area contributed by atoms with Gasteiger partial charge in [-0.25, -0.2) is 9.97 Å². The van der Waals surface area contributed by atoms with Gasteiger partial charge in [0.1, 0.15) is 5.82 Å². The summed E-state index contributed by atoms with van der Waals surface area (Å²) in [5, 5.41) is 6.61. The monoisotopic (exact) mass is 290 g/mol. The number of carbonyl (C=O) groups excluding carboxylic acids is 1. The normalized spacial score (nSPS) is 10.3. The smallest absolute Gasteiger partial charge is 0.257 e. The van der Waals surface area contributed by atoms with Crippen molar-refractivity contribution in [3.8, 4) is 0 Å². The van der Waals surface area contributed by atoms with Gasteiger partial charge in [0.2, 0.25) is 0 Å². The van der Waals surface area contributed by atoms with Gasteiger partial charge in [-0.15, -0.1) is 11.3 Å². The van der Waals surface area contributed by atoms with Gasteiger partial charge in [-0.3, -0.25) is 10.1 Å². The zero-order valence-electron chi connectivity index (χ0n) is 11.9. The highest BCUT2D eigenvalue weighted by Gasteiger charge is 2.10. The number of carbonyl (C=O) groups is 1. The van der Waals surface area contributed by atoms with Gasteiger partial charge in [0.15, 0.2) is 5.13 Å². The van der Waals surface area contributed by atoms with Gasteiger partial charge in [0.05, 0.1) is 5.69 Å². The van der Waals surface area contributed by atoms with Gasteiger partial charge >= 0.3 is 0 Å². The molecular formula is C14H18N4OS. The van der Waals surface area contributed by atoms with Crippen LogP contribution in [-0.4, -0.2) is 22.4 Å². The molecule has 0 aliphatic carbocycles. The molecule has 0 radical (unpaired) electrons. The van der Waals surface area contributed by atoms with E-state index in [4.69, 9.17) is 0 Å². The first kappa shape index (κ1) is 14.5. The van der Waals surface area contributed by atoms with Crippen LogP contribution in [0.1, 0.15) is 34.3 Å². The first-order chi connectivity index (χ1) is 9.60. The van der Waals surface area contributed by atoms with Gasteiger partial charge in [0, 0.05) is 23.2 Å². The van der Waals surface area contributed by atoms with Crippen LogP contribution in [-0.2, 0) is 0 Å². The van der Waals surface area contributed by atoms with Crippen molar-refractivity contribution in [1.82, 2.24) is 9.97 Å². The first-order valence-corrected chi connectivity index (χ1v) is 7.37. The van der Waals surface area contributed by atoms with E-state index in [9.17, 15) is 4.79 Å². The molecule has 106 valence electrons. The number of aromatic nitrogens is 2. The molecule has 6 heteroatoms. The number of hydrogen-bond acceptors (Lipinski definition) is 5. The Morgan fingerprint density at radius 3 is 2.85 bits per heavy atom. The molecule has 0 unspecified atom stereocenters. The molecule has 0 aliphatic heterocycles. The molecule has 2 N–H and O–H groups in total. The lowest BCUT2D eigenvalue weighted by Gasteiger charge is -2.06. The Balaban J connectivity index is 2.08. The van der Waals surface area contributed by atoms with Crippen LogP contribution in [0.5, 0.6) is 0 Å². The molecule has 0 bridgehead atoms. The molecule has 2 heterocycles. The van der Waals surface area contributed by atoms with Gasteiger partial charge in [0.25, 0.3) is 5.91 Å². The van der Waals surface area contributed by atoms with Gasteiger partial charge < -0.3 is 5.32 Å². The summed E-state index contributed by atoms with van der Waals surface area (Å²) in [7, 11) is 0. The summed E-state index contributed by atoms with van der Waals surface area (Å²) in [6.07, 6.45) is 2.64. The first-order valence-electron chi connectivity index (χ1n) is 6.55. The van der Waals surface area contributed by atoms with E-state index in [1.807, 2.05) is 13.8 Å². The zero-order valence-corrected chi connectivity index (χ0v) is 12.7. The molecule has 0 saturated heterocycles. The Labute approximate surface area is 122 Å². The quantitative estimate of drug-likeness (QED) is 0.887. The largest absolute Gasteiger partial charge is 0.370 e. The molecule has 2 aromatic heterocycles. The minimum atomic E-state index is -0.166. The van der Waals surface area contributed by atoms with Crippen LogP contribution >= 0.6 is 11.3 Å². The maximum absolute atomic E-state index is 12.2. The summed E-state index contributed by atoms with van der Waals surface area (Å²) < 4.78 is 0. The summed E-state index contributed by atoms with van der Waals surface area (Å²) in [6, 6.07) is 3.44. The number of anilines is 2. The molecular weight excluding hydrogens is 272 g/mol. The number of pyridine rings is 1. The van der Waals surface area contributed by atoms with E-state index in [2.05, 4.69) is 27.5 Å². The predicted molar refractivity (Wildman–Crippen MR) is 82.6 cm³/mol. The molecule has 0 atom stereocenters. The summed E-state index contributed by atoms with van der Waals surface area (Å²) in [4.78, 5) is 21.8. The number of aryl methyl sites for hydroxylation is 2. The predicted octanol–water partition coefficient (Wildman–Crippen LogP) is 3.23. The summed E-state index contributed by atoms with van der Waals surface area (Å²) in [5.41, 5.74) is 1.52. The van der Waals surface area contributed by atoms with Gasteiger partial charge in [-0.1, -0.05) is 6.92 Å². The summed E-state index contributed by atoms with van der Waals surface area (Å²) in [5.74, 6) is 0.548. The van der Waals surface area contributed by atoms with Crippen LogP contribution in [0.25, 0.3) is 0 Å². The topological polar surface area (TPSA) is 66.9 Å². The number of rotatable bonds is 5. The molecule has 20 heavy (non-hydrogen) atoms. The molecule has 5 nitrogen and oxygen atoms in total. The molecule has 0 fully saturated rings. The van der Waals surface area contributed by atoms with E-state index in [0.29, 0.717) is 16.5 Å². The zero-order chi connectivity index (χ0) is 14.5. The fourth-order valence-electron chi connectivity index (χ4n) is 1.62. The number of nitrogens with one attached hydrogen (secondary N) is 2. The fraction of sp³-hybridized carbons (Fsp3) is 0.357. The fourth-order valence-corrected chi connectivity index (χ4v) is 2.43. The van der Waals surface area contributed by atoms with Crippen molar-refractivity contribution >= 4 is 28.2 Å². The van der Waals surface area contributed by atoms with Crippen LogP contribution in [0.2, 0.25) is 0 Å². The Hall–Kier alpha value is -1.95. The van der Waals surface area contributed by atoms with E-state index in [0.717, 1.165) is 23.5 Å². The van der Waals surface area contributed by atoms with Crippen LogP contribution in [0, 0.1) is 13.8 Å². The van der Waals surface area contributed by atoms with E-state index >= 15 is 0 Å². The molecule has 0 aliphatic rings. The number of thiazole rings is 1. The van der Waals surface area contributed by atoms with Crippen molar-refractivity contribution in [3.63, 3.8) is 0 Å². The molecule has 0 spiro atoms. The Kier molecular flexibility index (Phi) is 4.68. The van der Waals surface area contributed by atoms with E-state index in [-0.39, 0.29) is 5.91 Å². The molecule has 1 amide bonds. The highest BCUT2D eigenvalue weighted by Crippen LogP contribution is 2.21. The SMILES string of the molecule is CCCNc1cc(C(=O)Nc2nc(C)c(C)s2)ccn1. The third kappa shape index (κ3) is 3.54. The lowest BCUT2D eigenvalue weighted by molar-refractivity contribution is 0.102. The van der Waals surface area contributed by atoms with E-state index in [1.54, 1.807) is 18.3 Å². The molecule has 2 rings (SSSR count).